The summed E-state index contributed by atoms with van der Waals surface area (Å²) in [6.45, 7) is 0.476. The Kier molecular flexibility index (Phi) is 5.28. The maximum Gasteiger partial charge on any atom is 0.281 e. The highest BCUT2D eigenvalue weighted by Gasteiger charge is 2.38. The molecule has 4 aromatic carbocycles. The van der Waals surface area contributed by atoms with Gasteiger partial charge in [0.15, 0.2) is 0 Å². The summed E-state index contributed by atoms with van der Waals surface area (Å²) in [5.74, 6) is -0.149. The molecule has 0 aromatic heterocycles. The monoisotopic (exact) mass is 454 g/mol. The van der Waals surface area contributed by atoms with E-state index in [9.17, 15) is 4.79 Å². The van der Waals surface area contributed by atoms with E-state index in [-0.39, 0.29) is 5.91 Å². The van der Waals surface area contributed by atoms with Crippen LogP contribution in [0.15, 0.2) is 143 Å². The van der Waals surface area contributed by atoms with Gasteiger partial charge in [-0.1, -0.05) is 97.1 Å². The van der Waals surface area contributed by atoms with Crippen molar-refractivity contribution in [2.24, 2.45) is 10.2 Å². The summed E-state index contributed by atoms with van der Waals surface area (Å²) in [5, 5.41) is 13.3. The Morgan fingerprint density at radius 2 is 1.03 bits per heavy atom. The summed E-state index contributed by atoms with van der Waals surface area (Å²) in [6, 6.07) is 39.5. The molecule has 0 N–H and O–H groups in total. The van der Waals surface area contributed by atoms with E-state index in [1.54, 1.807) is 0 Å². The third kappa shape index (κ3) is 3.83. The summed E-state index contributed by atoms with van der Waals surface area (Å²) in [5.41, 5.74) is 6.47. The molecule has 0 saturated carbocycles. The summed E-state index contributed by atoms with van der Waals surface area (Å²) in [6.07, 6.45) is 0. The lowest BCUT2D eigenvalue weighted by Gasteiger charge is -2.14. The number of benzene rings is 4. The van der Waals surface area contributed by atoms with E-state index < -0.39 is 0 Å². The Morgan fingerprint density at radius 3 is 1.60 bits per heavy atom. The number of amides is 1. The number of anilines is 2. The molecule has 4 aromatic rings. The van der Waals surface area contributed by atoms with Crippen LogP contribution >= 0.6 is 0 Å². The van der Waals surface area contributed by atoms with Gasteiger partial charge in [-0.25, -0.2) is 0 Å². The van der Waals surface area contributed by atoms with Crippen molar-refractivity contribution in [3.63, 3.8) is 0 Å². The Labute approximate surface area is 204 Å². The molecule has 2 aliphatic heterocycles. The van der Waals surface area contributed by atoms with E-state index in [4.69, 9.17) is 10.2 Å². The van der Waals surface area contributed by atoms with Gasteiger partial charge in [-0.2, -0.15) is 15.2 Å². The highest BCUT2D eigenvalue weighted by molar-refractivity contribution is 6.39. The zero-order valence-electron chi connectivity index (χ0n) is 19.0. The average molecular weight is 455 g/mol. The molecule has 0 bridgehead atoms. The van der Waals surface area contributed by atoms with Gasteiger partial charge < -0.3 is 0 Å². The lowest BCUT2D eigenvalue weighted by molar-refractivity contribution is -0.114. The molecule has 2 aliphatic rings. The molecule has 5 nitrogen and oxygen atoms in total. The molecular weight excluding hydrogens is 432 g/mol. The molecule has 0 radical (unpaired) electrons. The van der Waals surface area contributed by atoms with Gasteiger partial charge in [-0.05, 0) is 24.3 Å². The molecule has 0 atom stereocenters. The number of hydrogen-bond donors (Lipinski definition) is 0. The lowest BCUT2D eigenvalue weighted by atomic mass is 9.92. The number of carbonyl (C=O) groups is 1. The van der Waals surface area contributed by atoms with E-state index in [2.05, 4.69) is 0 Å². The average Bonchev–Trinajstić information content (AvgIpc) is 3.52. The molecule has 35 heavy (non-hydrogen) atoms. The fraction of sp³-hybridized carbons (Fsp3) is 0.0333. The van der Waals surface area contributed by atoms with Crippen molar-refractivity contribution in [3.05, 3.63) is 144 Å². The van der Waals surface area contributed by atoms with Crippen molar-refractivity contribution >= 4 is 28.7 Å². The number of hydrogen-bond acceptors (Lipinski definition) is 4. The van der Waals surface area contributed by atoms with E-state index >= 15 is 0 Å². The van der Waals surface area contributed by atoms with Crippen molar-refractivity contribution in [3.8, 4) is 0 Å². The summed E-state index contributed by atoms with van der Waals surface area (Å²) in [7, 11) is 0. The SMILES string of the molecule is O=C1/C(=C2/CN(c3ccccc3)N=C2c2ccccc2)C(c2ccccc2)=NN1c1ccccc1. The molecule has 0 spiro atoms. The lowest BCUT2D eigenvalue weighted by Crippen LogP contribution is -2.25. The van der Waals surface area contributed by atoms with Crippen LogP contribution in [0.4, 0.5) is 11.4 Å². The molecule has 168 valence electrons. The molecular formula is C30H22N4O. The van der Waals surface area contributed by atoms with Gasteiger partial charge in [0, 0.05) is 16.7 Å². The number of rotatable bonds is 4. The normalized spacial score (nSPS) is 17.5. The zero-order valence-corrected chi connectivity index (χ0v) is 19.0. The zero-order chi connectivity index (χ0) is 23.6. The molecule has 1 amide bonds. The van der Waals surface area contributed by atoms with Gasteiger partial charge in [0.05, 0.1) is 29.2 Å². The van der Waals surface area contributed by atoms with E-state index in [0.717, 1.165) is 33.8 Å². The number of carbonyl (C=O) groups excluding carboxylic acids is 1. The highest BCUT2D eigenvalue weighted by atomic mass is 16.2. The summed E-state index contributed by atoms with van der Waals surface area (Å²) >= 11 is 0. The number of para-hydroxylation sites is 2. The predicted octanol–water partition coefficient (Wildman–Crippen LogP) is 5.66. The number of hydrazone groups is 2. The van der Waals surface area contributed by atoms with E-state index in [1.165, 1.54) is 5.01 Å². The Balaban J connectivity index is 1.55. The molecule has 0 unspecified atom stereocenters. The van der Waals surface area contributed by atoms with Crippen LogP contribution in [0.1, 0.15) is 11.1 Å². The fourth-order valence-electron chi connectivity index (χ4n) is 4.43. The van der Waals surface area contributed by atoms with Crippen LogP contribution in [0.25, 0.3) is 0 Å². The van der Waals surface area contributed by atoms with Crippen LogP contribution in [0.3, 0.4) is 0 Å². The van der Waals surface area contributed by atoms with Gasteiger partial charge in [0.1, 0.15) is 5.71 Å². The minimum atomic E-state index is -0.149. The largest absolute Gasteiger partial charge is 0.281 e. The Hall–Kier alpha value is -4.77. The van der Waals surface area contributed by atoms with E-state index in [1.807, 2.05) is 126 Å². The first-order valence-electron chi connectivity index (χ1n) is 11.5. The van der Waals surface area contributed by atoms with Crippen LogP contribution in [0.5, 0.6) is 0 Å². The van der Waals surface area contributed by atoms with Gasteiger partial charge in [-0.15, -0.1) is 0 Å². The quantitative estimate of drug-likeness (QED) is 0.374. The topological polar surface area (TPSA) is 48.3 Å². The van der Waals surface area contributed by atoms with E-state index in [0.29, 0.717) is 17.8 Å². The van der Waals surface area contributed by atoms with Gasteiger partial charge in [0.25, 0.3) is 5.91 Å². The molecule has 5 heteroatoms. The van der Waals surface area contributed by atoms with Crippen molar-refractivity contribution < 1.29 is 4.79 Å². The van der Waals surface area contributed by atoms with Crippen molar-refractivity contribution in [1.29, 1.82) is 0 Å². The van der Waals surface area contributed by atoms with Gasteiger partial charge >= 0.3 is 0 Å². The van der Waals surface area contributed by atoms with Gasteiger partial charge in [0.2, 0.25) is 0 Å². The predicted molar refractivity (Wildman–Crippen MR) is 141 cm³/mol. The third-order valence-electron chi connectivity index (χ3n) is 6.11. The first-order valence-corrected chi connectivity index (χ1v) is 11.5. The van der Waals surface area contributed by atoms with Crippen molar-refractivity contribution in [2.45, 2.75) is 0 Å². The fourth-order valence-corrected chi connectivity index (χ4v) is 4.43. The smallest absolute Gasteiger partial charge is 0.267 e. The summed E-state index contributed by atoms with van der Waals surface area (Å²) in [4.78, 5) is 14.0. The second-order valence-corrected chi connectivity index (χ2v) is 8.33. The first kappa shape index (κ1) is 20.8. The van der Waals surface area contributed by atoms with Crippen molar-refractivity contribution in [2.75, 3.05) is 16.6 Å². The minimum Gasteiger partial charge on any atom is -0.267 e. The van der Waals surface area contributed by atoms with Crippen LogP contribution in [0.2, 0.25) is 0 Å². The molecule has 0 aliphatic carbocycles. The highest BCUT2D eigenvalue weighted by Crippen LogP contribution is 2.33. The second kappa shape index (κ2) is 8.88. The molecule has 0 fully saturated rings. The summed E-state index contributed by atoms with van der Waals surface area (Å²) < 4.78 is 0. The maximum absolute atomic E-state index is 14.0. The number of nitrogens with zero attached hydrogens (tertiary/aromatic N) is 4. The first-order chi connectivity index (χ1) is 17.3. The Morgan fingerprint density at radius 1 is 0.543 bits per heavy atom. The third-order valence-corrected chi connectivity index (χ3v) is 6.11. The molecule has 2 heterocycles. The van der Waals surface area contributed by atoms with Crippen LogP contribution in [0, 0.1) is 0 Å². The van der Waals surface area contributed by atoms with Crippen LogP contribution in [-0.2, 0) is 4.79 Å². The molecule has 6 rings (SSSR count). The Bertz CT molecular complexity index is 1460. The van der Waals surface area contributed by atoms with Crippen LogP contribution < -0.4 is 10.0 Å². The van der Waals surface area contributed by atoms with Gasteiger partial charge in [-0.3, -0.25) is 9.80 Å². The van der Waals surface area contributed by atoms with Crippen molar-refractivity contribution in [1.82, 2.24) is 0 Å². The standard InChI is InChI=1S/C30H22N4O/c35-30-27(29(23-15-7-2-8-16-23)32-34(30)25-19-11-4-12-20-25)26-21-33(24-17-9-3-10-18-24)31-28(26)22-13-5-1-6-14-22/h1-20H,21H2/b27-26-. The van der Waals surface area contributed by atoms with Crippen LogP contribution in [-0.4, -0.2) is 23.9 Å². The minimum absolute atomic E-state index is 0.149. The maximum atomic E-state index is 14.0. The second-order valence-electron chi connectivity index (χ2n) is 8.33. The molecule has 0 saturated heterocycles.